The van der Waals surface area contributed by atoms with Gasteiger partial charge in [-0.25, -0.2) is 4.79 Å². The summed E-state index contributed by atoms with van der Waals surface area (Å²) in [5, 5.41) is 5.15. The van der Waals surface area contributed by atoms with Crippen molar-refractivity contribution in [2.24, 2.45) is 5.92 Å². The van der Waals surface area contributed by atoms with Gasteiger partial charge < -0.3 is 15.4 Å². The summed E-state index contributed by atoms with van der Waals surface area (Å²) in [4.78, 5) is 60.7. The first-order chi connectivity index (χ1) is 14.0. The Morgan fingerprint density at radius 2 is 1.80 bits per heavy atom. The van der Waals surface area contributed by atoms with E-state index in [1.165, 1.54) is 6.92 Å². The molecule has 9 nitrogen and oxygen atoms in total. The molecule has 0 aliphatic carbocycles. The third-order valence-electron chi connectivity index (χ3n) is 4.79. The van der Waals surface area contributed by atoms with E-state index >= 15 is 0 Å². The van der Waals surface area contributed by atoms with E-state index in [1.54, 1.807) is 31.2 Å². The van der Waals surface area contributed by atoms with E-state index in [1.807, 2.05) is 13.8 Å². The number of rotatable bonds is 9. The van der Waals surface area contributed by atoms with Crippen LogP contribution in [0, 0.1) is 5.92 Å². The lowest BCUT2D eigenvalue weighted by Gasteiger charge is -2.22. The molecule has 0 unspecified atom stereocenters. The Labute approximate surface area is 175 Å². The molecule has 4 amide bonds. The van der Waals surface area contributed by atoms with Gasteiger partial charge in [-0.3, -0.25) is 24.1 Å². The molecule has 2 rings (SSSR count). The van der Waals surface area contributed by atoms with Gasteiger partial charge in [-0.2, -0.15) is 0 Å². The van der Waals surface area contributed by atoms with Crippen LogP contribution >= 0.6 is 0 Å². The van der Waals surface area contributed by atoms with E-state index in [9.17, 15) is 24.0 Å². The number of imide groups is 1. The minimum Gasteiger partial charge on any atom is -0.454 e. The molecular formula is C21H27N3O6. The summed E-state index contributed by atoms with van der Waals surface area (Å²) in [6.45, 7) is 5.96. The van der Waals surface area contributed by atoms with Crippen LogP contribution in [-0.4, -0.2) is 53.2 Å². The summed E-state index contributed by atoms with van der Waals surface area (Å²) >= 11 is 0. The van der Waals surface area contributed by atoms with E-state index in [0.29, 0.717) is 23.6 Å². The number of urea groups is 1. The Bertz CT molecular complexity index is 849. The Hall–Kier alpha value is -3.23. The second-order valence-electron chi connectivity index (χ2n) is 7.93. The van der Waals surface area contributed by atoms with Crippen LogP contribution in [-0.2, 0) is 19.1 Å². The van der Waals surface area contributed by atoms with Gasteiger partial charge in [0.25, 0.3) is 11.8 Å². The van der Waals surface area contributed by atoms with Crippen molar-refractivity contribution in [3.63, 3.8) is 0 Å². The first-order valence-corrected chi connectivity index (χ1v) is 9.72. The number of amides is 4. The van der Waals surface area contributed by atoms with Gasteiger partial charge in [-0.1, -0.05) is 13.8 Å². The van der Waals surface area contributed by atoms with Gasteiger partial charge in [0.05, 0.1) is 0 Å². The van der Waals surface area contributed by atoms with Gasteiger partial charge in [-0.05, 0) is 56.9 Å². The molecule has 0 bridgehead atoms. The fourth-order valence-electron chi connectivity index (χ4n) is 2.94. The van der Waals surface area contributed by atoms with Crippen molar-refractivity contribution in [2.45, 2.75) is 46.1 Å². The first-order valence-electron chi connectivity index (χ1n) is 9.72. The lowest BCUT2D eigenvalue weighted by atomic mass is 9.92. The maximum Gasteiger partial charge on any atom is 0.326 e. The van der Waals surface area contributed by atoms with Gasteiger partial charge in [-0.15, -0.1) is 0 Å². The zero-order chi connectivity index (χ0) is 22.5. The summed E-state index contributed by atoms with van der Waals surface area (Å²) in [7, 11) is 0. The van der Waals surface area contributed by atoms with Crippen molar-refractivity contribution >= 4 is 35.3 Å². The molecule has 0 spiro atoms. The van der Waals surface area contributed by atoms with Gasteiger partial charge in [0.1, 0.15) is 12.1 Å². The van der Waals surface area contributed by atoms with Crippen LogP contribution in [0.4, 0.5) is 10.5 Å². The smallest absolute Gasteiger partial charge is 0.326 e. The molecule has 0 radical (unpaired) electrons. The van der Waals surface area contributed by atoms with E-state index in [0.717, 1.165) is 11.3 Å². The van der Waals surface area contributed by atoms with Crippen LogP contribution in [0.25, 0.3) is 0 Å². The molecule has 1 atom stereocenters. The number of nitrogens with zero attached hydrogens (tertiary/aromatic N) is 1. The lowest BCUT2D eigenvalue weighted by molar-refractivity contribution is -0.150. The zero-order valence-corrected chi connectivity index (χ0v) is 17.6. The van der Waals surface area contributed by atoms with Gasteiger partial charge >= 0.3 is 12.0 Å². The Morgan fingerprint density at radius 3 is 2.37 bits per heavy atom. The molecule has 30 heavy (non-hydrogen) atoms. The fraction of sp³-hybridized carbons (Fsp3) is 0.476. The fourth-order valence-corrected chi connectivity index (χ4v) is 2.94. The average Bonchev–Trinajstić information content (AvgIpc) is 2.89. The highest BCUT2D eigenvalue weighted by Crippen LogP contribution is 2.24. The number of hydrogen-bond donors (Lipinski definition) is 2. The van der Waals surface area contributed by atoms with Crippen molar-refractivity contribution in [2.75, 3.05) is 18.5 Å². The molecule has 162 valence electrons. The van der Waals surface area contributed by atoms with Gasteiger partial charge in [0.15, 0.2) is 12.4 Å². The summed E-state index contributed by atoms with van der Waals surface area (Å²) in [6, 6.07) is 5.59. The molecule has 1 aromatic rings. The summed E-state index contributed by atoms with van der Waals surface area (Å²) < 4.78 is 4.88. The Morgan fingerprint density at radius 1 is 1.17 bits per heavy atom. The lowest BCUT2D eigenvalue weighted by Crippen LogP contribution is -2.44. The average molecular weight is 417 g/mol. The van der Waals surface area contributed by atoms with Crippen LogP contribution in [0.3, 0.4) is 0 Å². The molecule has 0 aromatic heterocycles. The molecule has 1 aliphatic rings. The van der Waals surface area contributed by atoms with Crippen LogP contribution in [0.2, 0.25) is 0 Å². The minimum atomic E-state index is -1.05. The summed E-state index contributed by atoms with van der Waals surface area (Å²) in [5.74, 6) is -1.67. The molecule has 2 N–H and O–H groups in total. The molecule has 1 saturated heterocycles. The standard InChI is InChI=1S/C21H27N3O6/c1-13(2)9-10-21(4)19(28)24(20(29)23-21)11-18(27)30-12-17(26)22-16-7-5-15(6-8-16)14(3)25/h5-8,13H,9-12H2,1-4H3,(H,22,26)(H,23,29)/t21-/m1/s1. The maximum absolute atomic E-state index is 12.6. The van der Waals surface area contributed by atoms with Crippen LogP contribution < -0.4 is 10.6 Å². The molecular weight excluding hydrogens is 390 g/mol. The SMILES string of the molecule is CC(=O)c1ccc(NC(=O)COC(=O)CN2C(=O)N[C@](C)(CCC(C)C)C2=O)cc1. The predicted molar refractivity (Wildman–Crippen MR) is 109 cm³/mol. The number of ketones is 1. The third kappa shape index (κ3) is 5.88. The van der Waals surface area contributed by atoms with Crippen molar-refractivity contribution in [3.05, 3.63) is 29.8 Å². The number of benzene rings is 1. The molecule has 0 saturated carbocycles. The number of carbonyl (C=O) groups excluding carboxylic acids is 5. The second-order valence-corrected chi connectivity index (χ2v) is 7.93. The van der Waals surface area contributed by atoms with Crippen LogP contribution in [0.1, 0.15) is 50.9 Å². The quantitative estimate of drug-likeness (QED) is 0.361. The maximum atomic E-state index is 12.6. The van der Waals surface area contributed by atoms with Gasteiger partial charge in [0, 0.05) is 11.3 Å². The number of esters is 1. The molecule has 1 fully saturated rings. The third-order valence-corrected chi connectivity index (χ3v) is 4.79. The topological polar surface area (TPSA) is 122 Å². The molecule has 1 heterocycles. The molecule has 1 aliphatic heterocycles. The second kappa shape index (κ2) is 9.51. The van der Waals surface area contributed by atoms with Crippen molar-refractivity contribution in [3.8, 4) is 0 Å². The Kier molecular flexibility index (Phi) is 7.31. The van der Waals surface area contributed by atoms with E-state index < -0.39 is 42.5 Å². The van der Waals surface area contributed by atoms with Crippen molar-refractivity contribution in [1.82, 2.24) is 10.2 Å². The highest BCUT2D eigenvalue weighted by Gasteiger charge is 2.48. The van der Waals surface area contributed by atoms with E-state index in [4.69, 9.17) is 4.74 Å². The number of anilines is 1. The number of nitrogens with one attached hydrogen (secondary N) is 2. The van der Waals surface area contributed by atoms with E-state index in [2.05, 4.69) is 10.6 Å². The molecule has 9 heteroatoms. The predicted octanol–water partition coefficient (Wildman–Crippen LogP) is 2.12. The zero-order valence-electron chi connectivity index (χ0n) is 17.6. The number of ether oxygens (including phenoxy) is 1. The monoisotopic (exact) mass is 417 g/mol. The van der Waals surface area contributed by atoms with Crippen molar-refractivity contribution in [1.29, 1.82) is 0 Å². The minimum absolute atomic E-state index is 0.0948. The van der Waals surface area contributed by atoms with Crippen LogP contribution in [0.15, 0.2) is 24.3 Å². The van der Waals surface area contributed by atoms with E-state index in [-0.39, 0.29) is 5.78 Å². The van der Waals surface area contributed by atoms with Crippen molar-refractivity contribution < 1.29 is 28.7 Å². The van der Waals surface area contributed by atoms with Gasteiger partial charge in [0.2, 0.25) is 0 Å². The molecule has 1 aromatic carbocycles. The highest BCUT2D eigenvalue weighted by molar-refractivity contribution is 6.08. The normalized spacial score (nSPS) is 18.4. The number of Topliss-reactive ketones (excluding diaryl/α,β-unsaturated/α-hetero) is 1. The first kappa shape index (κ1) is 23.1. The number of hydrogen-bond acceptors (Lipinski definition) is 6. The highest BCUT2D eigenvalue weighted by atomic mass is 16.5. The summed E-state index contributed by atoms with van der Waals surface area (Å²) in [5.41, 5.74) is -0.102. The Balaban J connectivity index is 1.83. The largest absolute Gasteiger partial charge is 0.454 e. The number of carbonyl (C=O) groups is 5. The summed E-state index contributed by atoms with van der Waals surface area (Å²) in [6.07, 6.45) is 1.21. The van der Waals surface area contributed by atoms with Crippen LogP contribution in [0.5, 0.6) is 0 Å².